The van der Waals surface area contributed by atoms with Crippen LogP contribution in [0.4, 0.5) is 0 Å². The van der Waals surface area contributed by atoms with Gasteiger partial charge in [0.1, 0.15) is 6.23 Å². The lowest BCUT2D eigenvalue weighted by molar-refractivity contribution is -0.156. The molecule has 0 bridgehead atoms. The third kappa shape index (κ3) is 1.38. The lowest BCUT2D eigenvalue weighted by atomic mass is 9.83. The van der Waals surface area contributed by atoms with E-state index in [1.807, 2.05) is 13.8 Å². The summed E-state index contributed by atoms with van der Waals surface area (Å²) in [5, 5.41) is 9.29. The highest BCUT2D eigenvalue weighted by Crippen LogP contribution is 2.31. The fourth-order valence-corrected chi connectivity index (χ4v) is 1.40. The highest BCUT2D eigenvalue weighted by atomic mass is 16.3. The second kappa shape index (κ2) is 2.48. The Balaban J connectivity index is 2.76. The Morgan fingerprint density at radius 2 is 2.18 bits per heavy atom. The lowest BCUT2D eigenvalue weighted by Gasteiger charge is -2.38. The second-order valence-electron chi connectivity index (χ2n) is 3.82. The van der Waals surface area contributed by atoms with Crippen LogP contribution >= 0.6 is 0 Å². The summed E-state index contributed by atoms with van der Waals surface area (Å²) < 4.78 is 0. The molecule has 0 aliphatic carbocycles. The summed E-state index contributed by atoms with van der Waals surface area (Å²) >= 11 is 0. The molecule has 3 nitrogen and oxygen atoms in total. The van der Waals surface area contributed by atoms with Gasteiger partial charge in [-0.1, -0.05) is 13.8 Å². The summed E-state index contributed by atoms with van der Waals surface area (Å²) in [6.45, 7) is 3.83. The molecule has 64 valence electrons. The zero-order chi connectivity index (χ0) is 8.65. The van der Waals surface area contributed by atoms with E-state index in [4.69, 9.17) is 0 Å². The maximum Gasteiger partial charge on any atom is 0.229 e. The first-order valence-corrected chi connectivity index (χ1v) is 3.90. The molecule has 0 radical (unpaired) electrons. The Kier molecular flexibility index (Phi) is 1.92. The number of piperidine rings is 1. The monoisotopic (exact) mass is 157 g/mol. The normalized spacial score (nSPS) is 30.7. The Hall–Kier alpha value is -0.570. The molecule has 1 rings (SSSR count). The van der Waals surface area contributed by atoms with Crippen LogP contribution in [-0.4, -0.2) is 29.2 Å². The Morgan fingerprint density at radius 1 is 1.64 bits per heavy atom. The largest absolute Gasteiger partial charge is 0.374 e. The van der Waals surface area contributed by atoms with Gasteiger partial charge in [0.15, 0.2) is 0 Å². The quantitative estimate of drug-likeness (QED) is 0.559. The predicted octanol–water partition coefficient (Wildman–Crippen LogP) is 0.583. The average Bonchev–Trinajstić information content (AvgIpc) is 1.95. The first-order chi connectivity index (χ1) is 4.95. The molecule has 1 unspecified atom stereocenters. The SMILES string of the molecule is CN1C(=O)C(C)(C)CCC1O. The minimum atomic E-state index is -0.574. The number of hydrogen-bond acceptors (Lipinski definition) is 2. The van der Waals surface area contributed by atoms with Crippen LogP contribution in [0.25, 0.3) is 0 Å². The van der Waals surface area contributed by atoms with Crippen LogP contribution in [0.2, 0.25) is 0 Å². The molecule has 1 heterocycles. The maximum absolute atomic E-state index is 11.4. The van der Waals surface area contributed by atoms with E-state index in [9.17, 15) is 9.90 Å². The van der Waals surface area contributed by atoms with Crippen molar-refractivity contribution in [3.05, 3.63) is 0 Å². The summed E-state index contributed by atoms with van der Waals surface area (Å²) in [4.78, 5) is 12.8. The van der Waals surface area contributed by atoms with Crippen molar-refractivity contribution in [2.24, 2.45) is 5.41 Å². The van der Waals surface area contributed by atoms with Crippen LogP contribution in [0.3, 0.4) is 0 Å². The molecule has 0 aromatic carbocycles. The minimum absolute atomic E-state index is 0.0382. The van der Waals surface area contributed by atoms with Gasteiger partial charge in [-0.25, -0.2) is 0 Å². The summed E-state index contributed by atoms with van der Waals surface area (Å²) in [7, 11) is 1.65. The van der Waals surface area contributed by atoms with Gasteiger partial charge in [0, 0.05) is 12.5 Å². The third-order valence-corrected chi connectivity index (χ3v) is 2.37. The van der Waals surface area contributed by atoms with E-state index < -0.39 is 6.23 Å². The van der Waals surface area contributed by atoms with Crippen LogP contribution in [0.15, 0.2) is 0 Å². The minimum Gasteiger partial charge on any atom is -0.374 e. The molecule has 1 N–H and O–H groups in total. The van der Waals surface area contributed by atoms with Gasteiger partial charge in [-0.05, 0) is 12.8 Å². The average molecular weight is 157 g/mol. The molecule has 1 amide bonds. The van der Waals surface area contributed by atoms with E-state index in [2.05, 4.69) is 0 Å². The van der Waals surface area contributed by atoms with Crippen molar-refractivity contribution in [1.82, 2.24) is 4.90 Å². The summed E-state index contributed by atoms with van der Waals surface area (Å²) in [5.74, 6) is 0.0382. The van der Waals surface area contributed by atoms with Crippen molar-refractivity contribution in [3.8, 4) is 0 Å². The fourth-order valence-electron chi connectivity index (χ4n) is 1.40. The predicted molar refractivity (Wildman–Crippen MR) is 41.8 cm³/mol. The van der Waals surface area contributed by atoms with Gasteiger partial charge in [-0.3, -0.25) is 4.79 Å². The number of hydrogen-bond donors (Lipinski definition) is 1. The Labute approximate surface area is 67.0 Å². The molecule has 0 spiro atoms. The van der Waals surface area contributed by atoms with E-state index >= 15 is 0 Å². The van der Waals surface area contributed by atoms with Crippen molar-refractivity contribution in [3.63, 3.8) is 0 Å². The van der Waals surface area contributed by atoms with Crippen LogP contribution < -0.4 is 0 Å². The molecule has 11 heavy (non-hydrogen) atoms. The van der Waals surface area contributed by atoms with Gasteiger partial charge in [0.25, 0.3) is 0 Å². The standard InChI is InChI=1S/C8H15NO2/c1-8(2)5-4-6(10)9(3)7(8)11/h6,10H,4-5H2,1-3H3. The highest BCUT2D eigenvalue weighted by Gasteiger charge is 2.37. The first-order valence-electron chi connectivity index (χ1n) is 3.90. The van der Waals surface area contributed by atoms with Gasteiger partial charge in [0.2, 0.25) is 5.91 Å². The van der Waals surface area contributed by atoms with Crippen LogP contribution in [0, 0.1) is 5.41 Å². The van der Waals surface area contributed by atoms with Crippen molar-refractivity contribution in [2.45, 2.75) is 32.9 Å². The van der Waals surface area contributed by atoms with Gasteiger partial charge < -0.3 is 10.0 Å². The maximum atomic E-state index is 11.4. The molecule has 3 heteroatoms. The van der Waals surface area contributed by atoms with Crippen molar-refractivity contribution >= 4 is 5.91 Å². The number of carbonyl (C=O) groups is 1. The molecular weight excluding hydrogens is 142 g/mol. The van der Waals surface area contributed by atoms with E-state index in [0.29, 0.717) is 6.42 Å². The van der Waals surface area contributed by atoms with Crippen LogP contribution in [0.1, 0.15) is 26.7 Å². The van der Waals surface area contributed by atoms with E-state index in [1.165, 1.54) is 4.90 Å². The van der Waals surface area contributed by atoms with E-state index in [0.717, 1.165) is 6.42 Å². The highest BCUT2D eigenvalue weighted by molar-refractivity contribution is 5.82. The van der Waals surface area contributed by atoms with Gasteiger partial charge in [0.05, 0.1) is 0 Å². The summed E-state index contributed by atoms with van der Waals surface area (Å²) in [6.07, 6.45) is 0.891. The number of likely N-dealkylation sites (tertiary alicyclic amines) is 1. The summed E-state index contributed by atoms with van der Waals surface area (Å²) in [5.41, 5.74) is -0.284. The molecule has 1 atom stereocenters. The number of aliphatic hydroxyl groups excluding tert-OH is 1. The third-order valence-electron chi connectivity index (χ3n) is 2.37. The van der Waals surface area contributed by atoms with Crippen molar-refractivity contribution in [1.29, 1.82) is 0 Å². The van der Waals surface area contributed by atoms with Crippen molar-refractivity contribution < 1.29 is 9.90 Å². The van der Waals surface area contributed by atoms with Gasteiger partial charge in [-0.15, -0.1) is 0 Å². The molecule has 1 aliphatic rings. The number of rotatable bonds is 0. The topological polar surface area (TPSA) is 40.5 Å². The van der Waals surface area contributed by atoms with Crippen LogP contribution in [-0.2, 0) is 4.79 Å². The smallest absolute Gasteiger partial charge is 0.229 e. The molecule has 1 saturated heterocycles. The second-order valence-corrected chi connectivity index (χ2v) is 3.82. The molecular formula is C8H15NO2. The molecule has 1 aliphatic heterocycles. The van der Waals surface area contributed by atoms with E-state index in [1.54, 1.807) is 7.05 Å². The fraction of sp³-hybridized carbons (Fsp3) is 0.875. The molecule has 0 aromatic heterocycles. The Morgan fingerprint density at radius 3 is 2.64 bits per heavy atom. The lowest BCUT2D eigenvalue weighted by Crippen LogP contribution is -2.49. The summed E-state index contributed by atoms with van der Waals surface area (Å²) in [6, 6.07) is 0. The molecule has 0 saturated carbocycles. The number of amides is 1. The number of aliphatic hydroxyl groups is 1. The number of carbonyl (C=O) groups excluding carboxylic acids is 1. The first kappa shape index (κ1) is 8.53. The van der Waals surface area contributed by atoms with Gasteiger partial charge >= 0.3 is 0 Å². The zero-order valence-corrected chi connectivity index (χ0v) is 7.29. The van der Waals surface area contributed by atoms with Crippen molar-refractivity contribution in [2.75, 3.05) is 7.05 Å². The molecule has 0 aromatic rings. The number of nitrogens with zero attached hydrogens (tertiary/aromatic N) is 1. The Bertz CT molecular complexity index is 177. The molecule has 1 fully saturated rings. The van der Waals surface area contributed by atoms with Crippen LogP contribution in [0.5, 0.6) is 0 Å². The van der Waals surface area contributed by atoms with E-state index in [-0.39, 0.29) is 11.3 Å². The van der Waals surface area contributed by atoms with Gasteiger partial charge in [-0.2, -0.15) is 0 Å². The zero-order valence-electron chi connectivity index (χ0n) is 7.29.